The van der Waals surface area contributed by atoms with E-state index in [9.17, 15) is 10.2 Å². The van der Waals surface area contributed by atoms with Crippen molar-refractivity contribution in [2.75, 3.05) is 0 Å². The van der Waals surface area contributed by atoms with Crippen LogP contribution in [-0.4, -0.2) is 29.8 Å². The Hall–Kier alpha value is -2.63. The fourth-order valence-electron chi connectivity index (χ4n) is 1.65. The molecule has 0 aliphatic heterocycles. The van der Waals surface area contributed by atoms with Crippen LogP contribution in [0.3, 0.4) is 0 Å². The average Bonchev–Trinajstić information content (AvgIpc) is 2.75. The van der Waals surface area contributed by atoms with Gasteiger partial charge in [-0.05, 0) is 17.7 Å². The van der Waals surface area contributed by atoms with Gasteiger partial charge < -0.3 is 10.2 Å². The molecule has 0 atom stereocenters. The number of aromatic hydroxyl groups is 2. The molecule has 0 bridgehead atoms. The molecule has 2 aromatic heterocycles. The minimum absolute atomic E-state index is 0.197. The summed E-state index contributed by atoms with van der Waals surface area (Å²) in [4.78, 5) is 7.70. The van der Waals surface area contributed by atoms with E-state index in [-0.39, 0.29) is 11.8 Å². The Kier molecular flexibility index (Phi) is 1.94. The Morgan fingerprint density at radius 2 is 1.76 bits per heavy atom. The molecule has 6 heteroatoms. The second kappa shape index (κ2) is 3.44. The van der Waals surface area contributed by atoms with Crippen LogP contribution in [0.2, 0.25) is 0 Å². The number of fused-ring (bicyclic) bond motifs is 1. The van der Waals surface area contributed by atoms with E-state index in [1.54, 1.807) is 30.5 Å². The van der Waals surface area contributed by atoms with Crippen LogP contribution in [0.1, 0.15) is 0 Å². The molecule has 84 valence electrons. The summed E-state index contributed by atoms with van der Waals surface area (Å²) >= 11 is 0. The van der Waals surface area contributed by atoms with Gasteiger partial charge in [-0.2, -0.15) is 14.6 Å². The van der Waals surface area contributed by atoms with Gasteiger partial charge in [-0.1, -0.05) is 12.1 Å². The van der Waals surface area contributed by atoms with Gasteiger partial charge in [0.05, 0.1) is 6.20 Å². The highest BCUT2D eigenvalue weighted by molar-refractivity contribution is 5.77. The minimum Gasteiger partial charge on any atom is -0.508 e. The van der Waals surface area contributed by atoms with E-state index >= 15 is 0 Å². The van der Waals surface area contributed by atoms with Gasteiger partial charge in [-0.25, -0.2) is 4.98 Å². The molecule has 2 heterocycles. The van der Waals surface area contributed by atoms with Gasteiger partial charge in [-0.3, -0.25) is 0 Å². The first kappa shape index (κ1) is 9.59. The third-order valence-corrected chi connectivity index (χ3v) is 2.46. The van der Waals surface area contributed by atoms with Crippen molar-refractivity contribution < 1.29 is 10.2 Å². The van der Waals surface area contributed by atoms with Crippen molar-refractivity contribution in [1.82, 2.24) is 19.6 Å². The van der Waals surface area contributed by atoms with Crippen molar-refractivity contribution in [3.8, 4) is 22.9 Å². The predicted molar refractivity (Wildman–Crippen MR) is 59.5 cm³/mol. The molecule has 2 N–H and O–H groups in total. The number of benzene rings is 1. The van der Waals surface area contributed by atoms with Crippen LogP contribution in [0.15, 0.2) is 36.8 Å². The van der Waals surface area contributed by atoms with Crippen LogP contribution < -0.4 is 0 Å². The molecule has 0 radical (unpaired) electrons. The molecule has 6 nitrogen and oxygen atoms in total. The highest BCUT2D eigenvalue weighted by atomic mass is 16.3. The lowest BCUT2D eigenvalue weighted by molar-refractivity contribution is 0.411. The maximum absolute atomic E-state index is 9.48. The van der Waals surface area contributed by atoms with Crippen molar-refractivity contribution in [1.29, 1.82) is 0 Å². The molecule has 0 saturated heterocycles. The smallest absolute Gasteiger partial charge is 0.318 e. The Labute approximate surface area is 95.8 Å². The highest BCUT2D eigenvalue weighted by Crippen LogP contribution is 2.25. The van der Waals surface area contributed by atoms with Gasteiger partial charge in [0.15, 0.2) is 5.65 Å². The number of nitrogens with zero attached hydrogens (tertiary/aromatic N) is 4. The van der Waals surface area contributed by atoms with E-state index in [0.29, 0.717) is 5.65 Å². The van der Waals surface area contributed by atoms with E-state index < -0.39 is 0 Å². The lowest BCUT2D eigenvalue weighted by Gasteiger charge is -1.99. The van der Waals surface area contributed by atoms with Gasteiger partial charge in [0.25, 0.3) is 0 Å². The van der Waals surface area contributed by atoms with Crippen LogP contribution in [0.25, 0.3) is 16.8 Å². The summed E-state index contributed by atoms with van der Waals surface area (Å²) in [6, 6.07) is 6.47. The number of rotatable bonds is 1. The monoisotopic (exact) mass is 228 g/mol. The van der Waals surface area contributed by atoms with Gasteiger partial charge in [0, 0.05) is 5.56 Å². The van der Waals surface area contributed by atoms with Crippen LogP contribution in [0, 0.1) is 0 Å². The summed E-state index contributed by atoms with van der Waals surface area (Å²) in [5.74, 6) is 0.197. The zero-order valence-electron chi connectivity index (χ0n) is 8.65. The van der Waals surface area contributed by atoms with Crippen LogP contribution in [0.4, 0.5) is 0 Å². The Bertz CT molecular complexity index is 676. The molecular formula is C11H8N4O2. The fraction of sp³-hybridized carbons (Fsp3) is 0. The number of phenols is 1. The zero-order valence-corrected chi connectivity index (χ0v) is 8.65. The molecular weight excluding hydrogens is 220 g/mol. The fourth-order valence-corrected chi connectivity index (χ4v) is 1.65. The van der Waals surface area contributed by atoms with Crippen LogP contribution in [-0.2, 0) is 0 Å². The van der Waals surface area contributed by atoms with Gasteiger partial charge >= 0.3 is 6.01 Å². The van der Waals surface area contributed by atoms with Crippen LogP contribution in [0.5, 0.6) is 11.8 Å². The van der Waals surface area contributed by atoms with Gasteiger partial charge in [0.1, 0.15) is 12.1 Å². The third kappa shape index (κ3) is 1.46. The van der Waals surface area contributed by atoms with E-state index in [4.69, 9.17) is 0 Å². The molecule has 3 rings (SSSR count). The second-order valence-electron chi connectivity index (χ2n) is 3.51. The summed E-state index contributed by atoms with van der Waals surface area (Å²) in [5.41, 5.74) is 2.14. The molecule has 0 aliphatic rings. The summed E-state index contributed by atoms with van der Waals surface area (Å²) in [5, 5.41) is 22.7. The minimum atomic E-state index is -0.208. The summed E-state index contributed by atoms with van der Waals surface area (Å²) in [6.07, 6.45) is 2.87. The maximum atomic E-state index is 9.48. The molecule has 0 aliphatic carbocycles. The number of hydrogen-bond acceptors (Lipinski definition) is 5. The molecule has 1 aromatic carbocycles. The summed E-state index contributed by atoms with van der Waals surface area (Å²) in [7, 11) is 0. The van der Waals surface area contributed by atoms with E-state index in [1.165, 1.54) is 10.8 Å². The first-order chi connectivity index (χ1) is 8.25. The molecule has 0 fully saturated rings. The molecule has 0 saturated carbocycles. The van der Waals surface area contributed by atoms with Crippen molar-refractivity contribution in [2.24, 2.45) is 0 Å². The summed E-state index contributed by atoms with van der Waals surface area (Å²) < 4.78 is 1.25. The zero-order chi connectivity index (χ0) is 11.8. The topological polar surface area (TPSA) is 83.5 Å². The van der Waals surface area contributed by atoms with E-state index in [1.807, 2.05) is 0 Å². The van der Waals surface area contributed by atoms with Crippen molar-refractivity contribution in [3.05, 3.63) is 36.8 Å². The molecule has 0 amide bonds. The van der Waals surface area contributed by atoms with Crippen LogP contribution >= 0.6 is 0 Å². The van der Waals surface area contributed by atoms with Gasteiger partial charge in [0.2, 0.25) is 0 Å². The normalized spacial score (nSPS) is 10.8. The van der Waals surface area contributed by atoms with Crippen molar-refractivity contribution >= 4 is 5.65 Å². The maximum Gasteiger partial charge on any atom is 0.318 e. The van der Waals surface area contributed by atoms with Crippen molar-refractivity contribution in [3.63, 3.8) is 0 Å². The number of phenolic OH excluding ortho intramolecular Hbond substituents is 1. The Morgan fingerprint density at radius 3 is 2.53 bits per heavy atom. The highest BCUT2D eigenvalue weighted by Gasteiger charge is 2.10. The van der Waals surface area contributed by atoms with Gasteiger partial charge in [-0.15, -0.1) is 0 Å². The predicted octanol–water partition coefficient (Wildman–Crippen LogP) is 1.20. The lowest BCUT2D eigenvalue weighted by atomic mass is 10.1. The first-order valence-electron chi connectivity index (χ1n) is 4.93. The molecule has 17 heavy (non-hydrogen) atoms. The largest absolute Gasteiger partial charge is 0.508 e. The van der Waals surface area contributed by atoms with E-state index in [2.05, 4.69) is 15.1 Å². The lowest BCUT2D eigenvalue weighted by Crippen LogP contribution is -1.93. The number of aromatic nitrogens is 4. The number of hydrogen-bond donors (Lipinski definition) is 2. The Balaban J connectivity index is 2.24. The molecule has 0 unspecified atom stereocenters. The Morgan fingerprint density at radius 1 is 1.00 bits per heavy atom. The standard InChI is InChI=1S/C11H8N4O2/c16-8-3-1-7(2-4-8)9-5-14-15-10(9)12-6-13-11(15)17/h1-6,16H,(H,12,13,17). The molecule has 3 aromatic rings. The third-order valence-electron chi connectivity index (χ3n) is 2.46. The summed E-state index contributed by atoms with van der Waals surface area (Å²) in [6.45, 7) is 0. The SMILES string of the molecule is Oc1ccc(-c2cnn3c(O)ncnc23)cc1. The second-order valence-corrected chi connectivity index (χ2v) is 3.51. The average molecular weight is 228 g/mol. The van der Waals surface area contributed by atoms with Crippen molar-refractivity contribution in [2.45, 2.75) is 0 Å². The van der Waals surface area contributed by atoms with E-state index in [0.717, 1.165) is 11.1 Å². The quantitative estimate of drug-likeness (QED) is 0.653. The first-order valence-corrected chi connectivity index (χ1v) is 4.93. The molecule has 0 spiro atoms.